The molecule has 4 aliphatic carbocycles. The molecule has 3 heteroatoms. The van der Waals surface area contributed by atoms with Crippen molar-refractivity contribution < 1.29 is 9.47 Å². The van der Waals surface area contributed by atoms with Gasteiger partial charge in [0, 0.05) is 22.1 Å². The summed E-state index contributed by atoms with van der Waals surface area (Å²) >= 11 is 0. The Balaban J connectivity index is 1.82. The molecular formula is C15H24O2Si. The normalized spacial score (nSPS) is 56.4. The van der Waals surface area contributed by atoms with Crippen LogP contribution in [0.4, 0.5) is 0 Å². The molecule has 4 bridgehead atoms. The smallest absolute Gasteiger partial charge is 0.137 e. The van der Waals surface area contributed by atoms with Gasteiger partial charge in [0.2, 0.25) is 0 Å². The third kappa shape index (κ3) is 0.995. The average Bonchev–Trinajstić information content (AvgIpc) is 3.03. The summed E-state index contributed by atoms with van der Waals surface area (Å²) in [5, 5.41) is 0.648. The lowest BCUT2D eigenvalue weighted by Crippen LogP contribution is -2.39. The zero-order valence-electron chi connectivity index (χ0n) is 11.9. The zero-order chi connectivity index (χ0) is 12.7. The summed E-state index contributed by atoms with van der Waals surface area (Å²) in [7, 11) is 5.01. The maximum atomic E-state index is 5.73. The quantitative estimate of drug-likeness (QED) is 0.561. The molecule has 0 aliphatic heterocycles. The summed E-state index contributed by atoms with van der Waals surface area (Å²) in [5.41, 5.74) is 0. The van der Waals surface area contributed by atoms with Crippen LogP contribution in [0.15, 0.2) is 11.5 Å². The monoisotopic (exact) mass is 264 g/mol. The maximum absolute atomic E-state index is 5.73. The number of ether oxygens (including phenoxy) is 2. The lowest BCUT2D eigenvalue weighted by Gasteiger charge is -2.46. The minimum Gasteiger partial charge on any atom is -0.497 e. The van der Waals surface area contributed by atoms with E-state index >= 15 is 0 Å². The molecule has 0 N–H and O–H groups in total. The van der Waals surface area contributed by atoms with Crippen LogP contribution in [0.3, 0.4) is 0 Å². The van der Waals surface area contributed by atoms with Gasteiger partial charge in [0.1, 0.15) is 11.5 Å². The largest absolute Gasteiger partial charge is 0.497 e. The van der Waals surface area contributed by atoms with Gasteiger partial charge in [0.15, 0.2) is 0 Å². The van der Waals surface area contributed by atoms with Gasteiger partial charge in [0.05, 0.1) is 14.2 Å². The van der Waals surface area contributed by atoms with Crippen molar-refractivity contribution in [1.82, 2.24) is 0 Å². The Hall–Kier alpha value is -0.443. The van der Waals surface area contributed by atoms with E-state index in [2.05, 4.69) is 6.92 Å². The highest BCUT2D eigenvalue weighted by Crippen LogP contribution is 2.78. The van der Waals surface area contributed by atoms with Gasteiger partial charge in [-0.05, 0) is 48.0 Å². The molecule has 18 heavy (non-hydrogen) atoms. The van der Waals surface area contributed by atoms with Crippen LogP contribution in [0.2, 0.25) is 5.04 Å². The highest BCUT2D eigenvalue weighted by molar-refractivity contribution is 6.17. The number of rotatable bonds is 2. The molecule has 0 spiro atoms. The number of hydrogen-bond acceptors (Lipinski definition) is 2. The summed E-state index contributed by atoms with van der Waals surface area (Å²) in [4.78, 5) is 0. The Kier molecular flexibility index (Phi) is 2.12. The Morgan fingerprint density at radius 1 is 1.11 bits per heavy atom. The van der Waals surface area contributed by atoms with Crippen molar-refractivity contribution in [3.8, 4) is 0 Å². The Labute approximate surface area is 113 Å². The standard InChI is InChI=1S/C15H24O2Si/c1-7-4-8-5-9(7)12-10-6-11(15(8,12)18)14(17-3)13(10)16-2/h7-12H,4-6H2,1-3,18H3. The molecule has 4 rings (SSSR count). The SMILES string of the molecule is COC1=C(OC)C2CC1C1C3CC(CC3C)C21[SiH3]. The van der Waals surface area contributed by atoms with E-state index in [1.807, 2.05) is 14.2 Å². The molecule has 0 saturated heterocycles. The first-order valence-corrected chi connectivity index (χ1v) is 8.44. The summed E-state index contributed by atoms with van der Waals surface area (Å²) in [6.07, 6.45) is 4.30. The van der Waals surface area contributed by atoms with Crippen LogP contribution in [0.5, 0.6) is 0 Å². The minimum absolute atomic E-state index is 0.648. The lowest BCUT2D eigenvalue weighted by atomic mass is 9.68. The molecule has 3 saturated carbocycles. The first-order valence-electron chi connectivity index (χ1n) is 7.44. The van der Waals surface area contributed by atoms with E-state index in [9.17, 15) is 0 Å². The Bertz CT molecular complexity index is 432. The van der Waals surface area contributed by atoms with Gasteiger partial charge in [-0.2, -0.15) is 0 Å². The van der Waals surface area contributed by atoms with Crippen LogP contribution in [0.1, 0.15) is 26.2 Å². The molecule has 7 atom stereocenters. The second kappa shape index (κ2) is 3.36. The third-order valence-electron chi connectivity index (χ3n) is 7.01. The maximum Gasteiger partial charge on any atom is 0.137 e. The summed E-state index contributed by atoms with van der Waals surface area (Å²) in [6.45, 7) is 2.48. The van der Waals surface area contributed by atoms with Gasteiger partial charge in [-0.1, -0.05) is 6.92 Å². The van der Waals surface area contributed by atoms with E-state index in [1.54, 1.807) is 0 Å². The van der Waals surface area contributed by atoms with Crippen LogP contribution in [0.25, 0.3) is 0 Å². The Morgan fingerprint density at radius 2 is 1.83 bits per heavy atom. The van der Waals surface area contributed by atoms with Crippen molar-refractivity contribution in [2.75, 3.05) is 14.2 Å². The van der Waals surface area contributed by atoms with Crippen molar-refractivity contribution in [2.24, 2.45) is 35.5 Å². The van der Waals surface area contributed by atoms with Gasteiger partial charge >= 0.3 is 0 Å². The van der Waals surface area contributed by atoms with Gasteiger partial charge in [0.25, 0.3) is 0 Å². The third-order valence-corrected chi connectivity index (χ3v) is 9.19. The topological polar surface area (TPSA) is 18.5 Å². The molecule has 0 heterocycles. The fraction of sp³-hybridized carbons (Fsp3) is 0.867. The average molecular weight is 264 g/mol. The molecule has 7 unspecified atom stereocenters. The number of methoxy groups -OCH3 is 2. The molecule has 0 aromatic carbocycles. The highest BCUT2D eigenvalue weighted by atomic mass is 28.1. The first kappa shape index (κ1) is 11.4. The number of allylic oxidation sites excluding steroid dienone is 2. The highest BCUT2D eigenvalue weighted by Gasteiger charge is 2.71. The molecule has 0 aromatic rings. The predicted molar refractivity (Wildman–Crippen MR) is 74.1 cm³/mol. The molecule has 0 aromatic heterocycles. The van der Waals surface area contributed by atoms with E-state index in [1.165, 1.54) is 41.0 Å². The van der Waals surface area contributed by atoms with E-state index in [4.69, 9.17) is 9.47 Å². The van der Waals surface area contributed by atoms with Crippen molar-refractivity contribution in [2.45, 2.75) is 31.2 Å². The van der Waals surface area contributed by atoms with Gasteiger partial charge in [-0.15, -0.1) is 0 Å². The summed E-state index contributed by atoms with van der Waals surface area (Å²) in [6, 6.07) is 0. The van der Waals surface area contributed by atoms with Crippen LogP contribution in [-0.2, 0) is 9.47 Å². The van der Waals surface area contributed by atoms with Crippen LogP contribution >= 0.6 is 0 Å². The number of hydrogen-bond donors (Lipinski definition) is 0. The molecular weight excluding hydrogens is 240 g/mol. The van der Waals surface area contributed by atoms with E-state index in [0.29, 0.717) is 16.9 Å². The van der Waals surface area contributed by atoms with Crippen molar-refractivity contribution in [3.05, 3.63) is 11.5 Å². The fourth-order valence-corrected chi connectivity index (χ4v) is 8.23. The van der Waals surface area contributed by atoms with Crippen molar-refractivity contribution in [1.29, 1.82) is 0 Å². The molecule has 100 valence electrons. The summed E-state index contributed by atoms with van der Waals surface area (Å²) < 4.78 is 11.4. The van der Waals surface area contributed by atoms with E-state index < -0.39 is 0 Å². The number of fused-ring (bicyclic) bond motifs is 9. The Morgan fingerprint density at radius 3 is 2.50 bits per heavy atom. The first-order chi connectivity index (χ1) is 8.62. The summed E-state index contributed by atoms with van der Waals surface area (Å²) in [5.74, 6) is 7.65. The van der Waals surface area contributed by atoms with Crippen LogP contribution < -0.4 is 0 Å². The predicted octanol–water partition coefficient (Wildman–Crippen LogP) is 1.96. The molecule has 3 fully saturated rings. The van der Waals surface area contributed by atoms with Crippen molar-refractivity contribution >= 4 is 10.2 Å². The van der Waals surface area contributed by atoms with Gasteiger partial charge in [-0.25, -0.2) is 0 Å². The lowest BCUT2D eigenvalue weighted by molar-refractivity contribution is 0.0923. The second-order valence-corrected chi connectivity index (χ2v) is 8.96. The van der Waals surface area contributed by atoms with E-state index in [-0.39, 0.29) is 0 Å². The minimum atomic E-state index is 0.648. The van der Waals surface area contributed by atoms with E-state index in [0.717, 1.165) is 23.7 Å². The molecule has 0 radical (unpaired) electrons. The zero-order valence-corrected chi connectivity index (χ0v) is 13.9. The molecule has 0 amide bonds. The van der Waals surface area contributed by atoms with Crippen molar-refractivity contribution in [3.63, 3.8) is 0 Å². The van der Waals surface area contributed by atoms with Gasteiger partial charge < -0.3 is 9.47 Å². The molecule has 4 aliphatic rings. The fourth-order valence-electron chi connectivity index (χ4n) is 6.43. The van der Waals surface area contributed by atoms with Gasteiger partial charge in [-0.3, -0.25) is 0 Å². The second-order valence-electron chi connectivity index (χ2n) is 7.23. The van der Waals surface area contributed by atoms with Crippen LogP contribution in [-0.4, -0.2) is 24.5 Å². The van der Waals surface area contributed by atoms with Crippen LogP contribution in [0, 0.1) is 35.5 Å². The molecule has 2 nitrogen and oxygen atoms in total.